The minimum atomic E-state index is -0.352. The van der Waals surface area contributed by atoms with Crippen molar-refractivity contribution < 1.29 is 19.0 Å². The van der Waals surface area contributed by atoms with Crippen molar-refractivity contribution in [3.8, 4) is 0 Å². The first kappa shape index (κ1) is 13.1. The summed E-state index contributed by atoms with van der Waals surface area (Å²) in [5.74, 6) is -0.352. The second kappa shape index (κ2) is 8.72. The van der Waals surface area contributed by atoms with Gasteiger partial charge in [0.05, 0.1) is 13.2 Å². The van der Waals surface area contributed by atoms with E-state index < -0.39 is 0 Å². The van der Waals surface area contributed by atoms with Gasteiger partial charge in [-0.2, -0.15) is 0 Å². The Hall–Kier alpha value is -0.870. The minimum Gasteiger partial charge on any atom is -0.462 e. The number of carbonyl (C=O) groups excluding carboxylic acids is 1. The molecule has 0 N–H and O–H groups in total. The molecule has 82 valence electrons. The molecular formula is C10H18O4. The van der Waals surface area contributed by atoms with Gasteiger partial charge < -0.3 is 14.2 Å². The molecule has 0 rings (SSSR count). The van der Waals surface area contributed by atoms with Crippen LogP contribution in [-0.4, -0.2) is 32.6 Å². The van der Waals surface area contributed by atoms with E-state index in [2.05, 4.69) is 6.58 Å². The first-order chi connectivity index (χ1) is 6.68. The van der Waals surface area contributed by atoms with Crippen molar-refractivity contribution in [2.45, 2.75) is 20.3 Å². The van der Waals surface area contributed by atoms with Crippen molar-refractivity contribution in [3.63, 3.8) is 0 Å². The monoisotopic (exact) mass is 202 g/mol. The third kappa shape index (κ3) is 7.76. The summed E-state index contributed by atoms with van der Waals surface area (Å²) < 4.78 is 14.9. The van der Waals surface area contributed by atoms with Crippen LogP contribution >= 0.6 is 0 Å². The van der Waals surface area contributed by atoms with E-state index in [9.17, 15) is 4.79 Å². The van der Waals surface area contributed by atoms with E-state index in [1.54, 1.807) is 6.92 Å². The van der Waals surface area contributed by atoms with Gasteiger partial charge in [0.1, 0.15) is 6.79 Å². The maximum absolute atomic E-state index is 10.9. The van der Waals surface area contributed by atoms with Crippen molar-refractivity contribution in [2.75, 3.05) is 26.6 Å². The third-order valence-corrected chi connectivity index (χ3v) is 1.39. The molecule has 4 heteroatoms. The van der Waals surface area contributed by atoms with Crippen molar-refractivity contribution in [2.24, 2.45) is 0 Å². The molecule has 0 amide bonds. The molecule has 14 heavy (non-hydrogen) atoms. The minimum absolute atomic E-state index is 0.297. The van der Waals surface area contributed by atoms with Crippen LogP contribution in [0.4, 0.5) is 0 Å². The lowest BCUT2D eigenvalue weighted by Crippen LogP contribution is -2.09. The van der Waals surface area contributed by atoms with Gasteiger partial charge in [0, 0.05) is 18.6 Å². The average molecular weight is 202 g/mol. The van der Waals surface area contributed by atoms with Crippen LogP contribution in [0.2, 0.25) is 0 Å². The Labute approximate surface area is 84.8 Å². The zero-order chi connectivity index (χ0) is 10.8. The lowest BCUT2D eigenvalue weighted by Gasteiger charge is -2.05. The van der Waals surface area contributed by atoms with Gasteiger partial charge in [-0.05, 0) is 13.8 Å². The highest BCUT2D eigenvalue weighted by molar-refractivity contribution is 5.86. The highest BCUT2D eigenvalue weighted by atomic mass is 16.7. The molecule has 0 radical (unpaired) electrons. The normalized spacial score (nSPS) is 9.86. The first-order valence-electron chi connectivity index (χ1n) is 4.66. The summed E-state index contributed by atoms with van der Waals surface area (Å²) in [6.45, 7) is 8.82. The number of ether oxygens (including phenoxy) is 3. The fourth-order valence-corrected chi connectivity index (χ4v) is 0.650. The molecule has 0 aliphatic heterocycles. The van der Waals surface area contributed by atoms with Gasteiger partial charge in [-0.3, -0.25) is 0 Å². The zero-order valence-electron chi connectivity index (χ0n) is 8.88. The molecule has 0 spiro atoms. The van der Waals surface area contributed by atoms with E-state index in [1.807, 2.05) is 6.92 Å². The average Bonchev–Trinajstić information content (AvgIpc) is 2.16. The fraction of sp³-hybridized carbons (Fsp3) is 0.700. The van der Waals surface area contributed by atoms with Crippen molar-refractivity contribution in [1.82, 2.24) is 0 Å². The Morgan fingerprint density at radius 2 is 2.00 bits per heavy atom. The Kier molecular flexibility index (Phi) is 8.17. The van der Waals surface area contributed by atoms with Gasteiger partial charge in [0.15, 0.2) is 0 Å². The second-order valence-electron chi connectivity index (χ2n) is 2.79. The van der Waals surface area contributed by atoms with Gasteiger partial charge in [-0.15, -0.1) is 0 Å². The molecule has 0 aromatic carbocycles. The van der Waals surface area contributed by atoms with Gasteiger partial charge >= 0.3 is 5.97 Å². The van der Waals surface area contributed by atoms with Gasteiger partial charge in [-0.25, -0.2) is 4.79 Å². The van der Waals surface area contributed by atoms with Crippen molar-refractivity contribution >= 4 is 5.97 Å². The Morgan fingerprint density at radius 3 is 2.57 bits per heavy atom. The van der Waals surface area contributed by atoms with Crippen LogP contribution in [0, 0.1) is 0 Å². The van der Waals surface area contributed by atoms with E-state index in [0.29, 0.717) is 38.6 Å². The summed E-state index contributed by atoms with van der Waals surface area (Å²) in [6, 6.07) is 0. The largest absolute Gasteiger partial charge is 0.462 e. The quantitative estimate of drug-likeness (QED) is 0.259. The fourth-order valence-electron chi connectivity index (χ4n) is 0.650. The Balaban J connectivity index is 3.13. The predicted octanol–water partition coefficient (Wildman–Crippen LogP) is 1.51. The topological polar surface area (TPSA) is 44.8 Å². The van der Waals surface area contributed by atoms with Crippen molar-refractivity contribution in [3.05, 3.63) is 12.2 Å². The highest BCUT2D eigenvalue weighted by Crippen LogP contribution is 1.93. The number of rotatable bonds is 8. The van der Waals surface area contributed by atoms with Gasteiger partial charge in [0.2, 0.25) is 0 Å². The van der Waals surface area contributed by atoms with E-state index in [1.165, 1.54) is 0 Å². The molecule has 0 aliphatic rings. The summed E-state index contributed by atoms with van der Waals surface area (Å²) >= 11 is 0. The zero-order valence-corrected chi connectivity index (χ0v) is 8.88. The maximum atomic E-state index is 10.9. The second-order valence-corrected chi connectivity index (χ2v) is 2.79. The molecule has 0 aromatic rings. The maximum Gasteiger partial charge on any atom is 0.333 e. The van der Waals surface area contributed by atoms with Gasteiger partial charge in [0.25, 0.3) is 0 Å². The molecule has 0 heterocycles. The molecule has 4 nitrogen and oxygen atoms in total. The summed E-state index contributed by atoms with van der Waals surface area (Å²) in [5, 5.41) is 0. The lowest BCUT2D eigenvalue weighted by molar-refractivity contribution is -0.139. The number of hydrogen-bond acceptors (Lipinski definition) is 4. The molecular weight excluding hydrogens is 184 g/mol. The van der Waals surface area contributed by atoms with E-state index in [0.717, 1.165) is 0 Å². The van der Waals surface area contributed by atoms with Crippen LogP contribution in [0.15, 0.2) is 12.2 Å². The summed E-state index contributed by atoms with van der Waals surface area (Å²) in [4.78, 5) is 10.9. The molecule has 0 unspecified atom stereocenters. The van der Waals surface area contributed by atoms with Crippen LogP contribution in [0.25, 0.3) is 0 Å². The first-order valence-corrected chi connectivity index (χ1v) is 4.66. The molecule has 0 saturated carbocycles. The van der Waals surface area contributed by atoms with Crippen LogP contribution in [0.1, 0.15) is 20.3 Å². The molecule has 0 saturated heterocycles. The van der Waals surface area contributed by atoms with Crippen LogP contribution in [0.3, 0.4) is 0 Å². The number of carbonyl (C=O) groups is 1. The number of esters is 1. The van der Waals surface area contributed by atoms with Crippen LogP contribution < -0.4 is 0 Å². The highest BCUT2D eigenvalue weighted by Gasteiger charge is 2.01. The molecule has 0 bridgehead atoms. The van der Waals surface area contributed by atoms with Gasteiger partial charge in [-0.1, -0.05) is 6.58 Å². The Morgan fingerprint density at radius 1 is 1.29 bits per heavy atom. The summed E-state index contributed by atoms with van der Waals surface area (Å²) in [6.07, 6.45) is 0.673. The third-order valence-electron chi connectivity index (χ3n) is 1.39. The van der Waals surface area contributed by atoms with E-state index >= 15 is 0 Å². The Bertz CT molecular complexity index is 177. The van der Waals surface area contributed by atoms with Crippen molar-refractivity contribution in [1.29, 1.82) is 0 Å². The standard InChI is InChI=1S/C10H18O4/c1-4-12-8-13-6-5-7-14-10(11)9(2)3/h2,4-8H2,1,3H3. The van der Waals surface area contributed by atoms with E-state index in [4.69, 9.17) is 14.2 Å². The summed E-state index contributed by atoms with van der Waals surface area (Å²) in [7, 11) is 0. The van der Waals surface area contributed by atoms with E-state index in [-0.39, 0.29) is 5.97 Å². The molecule has 0 atom stereocenters. The smallest absolute Gasteiger partial charge is 0.333 e. The summed E-state index contributed by atoms with van der Waals surface area (Å²) in [5.41, 5.74) is 0.417. The molecule has 0 fully saturated rings. The van der Waals surface area contributed by atoms with Crippen LogP contribution in [0.5, 0.6) is 0 Å². The molecule has 0 aromatic heterocycles. The predicted molar refractivity (Wildman–Crippen MR) is 52.8 cm³/mol. The SMILES string of the molecule is C=C(C)C(=O)OCCCOCOCC. The lowest BCUT2D eigenvalue weighted by atomic mass is 10.4. The molecule has 0 aliphatic carbocycles. The van der Waals surface area contributed by atoms with Crippen LogP contribution in [-0.2, 0) is 19.0 Å². The number of hydrogen-bond donors (Lipinski definition) is 0.